The van der Waals surface area contributed by atoms with Crippen molar-refractivity contribution in [2.24, 2.45) is 0 Å². The van der Waals surface area contributed by atoms with Crippen molar-refractivity contribution in [2.75, 3.05) is 7.11 Å². The lowest BCUT2D eigenvalue weighted by molar-refractivity contribution is 0.0600. The van der Waals surface area contributed by atoms with Gasteiger partial charge >= 0.3 is 5.97 Å². The molecular weight excluding hydrogens is 291 g/mol. The number of carbonyl (C=O) groups is 1. The van der Waals surface area contributed by atoms with Crippen molar-refractivity contribution >= 4 is 17.6 Å². The number of hydrogen-bond donors (Lipinski definition) is 0. The molecule has 108 valence electrons. The maximum atomic E-state index is 13.9. The number of benzene rings is 2. The maximum Gasteiger partial charge on any atom is 0.337 e. The Morgan fingerprint density at radius 3 is 2.52 bits per heavy atom. The van der Waals surface area contributed by atoms with Crippen LogP contribution in [0, 0.1) is 5.82 Å². The zero-order valence-electron chi connectivity index (χ0n) is 11.5. The van der Waals surface area contributed by atoms with Crippen LogP contribution >= 0.6 is 11.6 Å². The molecule has 0 N–H and O–H groups in total. The van der Waals surface area contributed by atoms with Crippen molar-refractivity contribution in [1.29, 1.82) is 0 Å². The first kappa shape index (κ1) is 14.1. The van der Waals surface area contributed by atoms with Gasteiger partial charge < -0.3 is 4.74 Å². The summed E-state index contributed by atoms with van der Waals surface area (Å²) in [7, 11) is 1.35. The smallest absolute Gasteiger partial charge is 0.337 e. The van der Waals surface area contributed by atoms with E-state index in [1.807, 2.05) is 12.1 Å². The molecule has 0 heterocycles. The molecule has 1 saturated carbocycles. The van der Waals surface area contributed by atoms with Crippen LogP contribution in [-0.4, -0.2) is 13.1 Å². The summed E-state index contributed by atoms with van der Waals surface area (Å²) in [6, 6.07) is 12.0. The first-order valence-electron chi connectivity index (χ1n) is 6.74. The van der Waals surface area contributed by atoms with Crippen molar-refractivity contribution in [1.82, 2.24) is 0 Å². The first-order chi connectivity index (χ1) is 10.1. The highest BCUT2D eigenvalue weighted by atomic mass is 35.5. The molecule has 0 bridgehead atoms. The van der Waals surface area contributed by atoms with E-state index < -0.39 is 0 Å². The monoisotopic (exact) mass is 304 g/mol. The second-order valence-corrected chi connectivity index (χ2v) is 5.60. The Morgan fingerprint density at radius 1 is 1.19 bits per heavy atom. The zero-order valence-corrected chi connectivity index (χ0v) is 12.2. The molecular formula is C17H14ClFO2. The van der Waals surface area contributed by atoms with Crippen LogP contribution in [0.4, 0.5) is 4.39 Å². The van der Waals surface area contributed by atoms with Crippen LogP contribution in [0.1, 0.15) is 39.7 Å². The molecule has 0 aromatic heterocycles. The van der Waals surface area contributed by atoms with E-state index in [1.54, 1.807) is 24.3 Å². The van der Waals surface area contributed by atoms with Gasteiger partial charge in [0.15, 0.2) is 0 Å². The molecule has 4 heteroatoms. The van der Waals surface area contributed by atoms with E-state index in [9.17, 15) is 9.18 Å². The molecule has 1 fully saturated rings. The summed E-state index contributed by atoms with van der Waals surface area (Å²) in [5, 5.41) is 0.480. The van der Waals surface area contributed by atoms with E-state index in [-0.39, 0.29) is 23.6 Å². The summed E-state index contributed by atoms with van der Waals surface area (Å²) in [6.45, 7) is 0. The summed E-state index contributed by atoms with van der Waals surface area (Å²) in [6.07, 6.45) is 0.873. The Kier molecular flexibility index (Phi) is 3.68. The Bertz CT molecular complexity index is 661. The Balaban J connectivity index is 1.80. The highest BCUT2D eigenvalue weighted by molar-refractivity contribution is 6.31. The van der Waals surface area contributed by atoms with Crippen LogP contribution in [0.2, 0.25) is 5.02 Å². The summed E-state index contributed by atoms with van der Waals surface area (Å²) in [4.78, 5) is 11.4. The average Bonchev–Trinajstić information content (AvgIpc) is 3.27. The largest absolute Gasteiger partial charge is 0.465 e. The fourth-order valence-electron chi connectivity index (χ4n) is 2.73. The Labute approximate surface area is 127 Å². The summed E-state index contributed by atoms with van der Waals surface area (Å²) in [5.41, 5.74) is 2.20. The van der Waals surface area contributed by atoms with Gasteiger partial charge in [0, 0.05) is 10.6 Å². The van der Waals surface area contributed by atoms with Crippen LogP contribution in [0.25, 0.3) is 0 Å². The zero-order chi connectivity index (χ0) is 15.0. The van der Waals surface area contributed by atoms with Gasteiger partial charge in [-0.3, -0.25) is 0 Å². The van der Waals surface area contributed by atoms with Crippen molar-refractivity contribution in [2.45, 2.75) is 18.3 Å². The van der Waals surface area contributed by atoms with Crippen molar-refractivity contribution < 1.29 is 13.9 Å². The van der Waals surface area contributed by atoms with Crippen molar-refractivity contribution in [3.63, 3.8) is 0 Å². The van der Waals surface area contributed by atoms with E-state index in [2.05, 4.69) is 4.74 Å². The molecule has 1 aliphatic carbocycles. The molecule has 0 amide bonds. The van der Waals surface area contributed by atoms with E-state index in [4.69, 9.17) is 11.6 Å². The van der Waals surface area contributed by atoms with Crippen molar-refractivity contribution in [3.05, 3.63) is 70.0 Å². The second kappa shape index (κ2) is 5.49. The number of ether oxygens (including phenoxy) is 1. The molecule has 2 unspecified atom stereocenters. The number of rotatable bonds is 3. The molecule has 0 radical (unpaired) electrons. The molecule has 3 rings (SSSR count). The quantitative estimate of drug-likeness (QED) is 0.778. The SMILES string of the molecule is COC(=O)c1ccc(C2CC2c2c(F)cccc2Cl)cc1. The maximum absolute atomic E-state index is 13.9. The predicted molar refractivity (Wildman–Crippen MR) is 79.3 cm³/mol. The number of halogens is 2. The molecule has 2 aromatic carbocycles. The van der Waals surface area contributed by atoms with Crippen LogP contribution in [0.5, 0.6) is 0 Å². The molecule has 0 aliphatic heterocycles. The van der Waals surface area contributed by atoms with Gasteiger partial charge in [0.2, 0.25) is 0 Å². The molecule has 0 spiro atoms. The number of carbonyl (C=O) groups excluding carboxylic acids is 1. The molecule has 1 aliphatic rings. The van der Waals surface area contributed by atoms with Crippen LogP contribution < -0.4 is 0 Å². The van der Waals surface area contributed by atoms with Gasteiger partial charge in [0.1, 0.15) is 5.82 Å². The lowest BCUT2D eigenvalue weighted by Gasteiger charge is -2.06. The summed E-state index contributed by atoms with van der Waals surface area (Å²) in [5.74, 6) is -0.235. The fraction of sp³-hybridized carbons (Fsp3) is 0.235. The van der Waals surface area contributed by atoms with Gasteiger partial charge in [-0.25, -0.2) is 9.18 Å². The van der Waals surface area contributed by atoms with Crippen LogP contribution in [0.3, 0.4) is 0 Å². The highest BCUT2D eigenvalue weighted by Gasteiger charge is 2.42. The summed E-state index contributed by atoms with van der Waals surface area (Å²) >= 11 is 6.10. The topological polar surface area (TPSA) is 26.3 Å². The fourth-order valence-corrected chi connectivity index (χ4v) is 3.03. The van der Waals surface area contributed by atoms with E-state index in [0.717, 1.165) is 12.0 Å². The number of methoxy groups -OCH3 is 1. The van der Waals surface area contributed by atoms with Crippen LogP contribution in [-0.2, 0) is 4.74 Å². The van der Waals surface area contributed by atoms with E-state index in [0.29, 0.717) is 16.1 Å². The lowest BCUT2D eigenvalue weighted by atomic mass is 10.0. The minimum atomic E-state index is -0.356. The van der Waals surface area contributed by atoms with Crippen molar-refractivity contribution in [3.8, 4) is 0 Å². The second-order valence-electron chi connectivity index (χ2n) is 5.20. The van der Waals surface area contributed by atoms with E-state index >= 15 is 0 Å². The molecule has 21 heavy (non-hydrogen) atoms. The number of esters is 1. The van der Waals surface area contributed by atoms with Gasteiger partial charge in [0.25, 0.3) is 0 Å². The third kappa shape index (κ3) is 2.66. The minimum Gasteiger partial charge on any atom is -0.465 e. The lowest BCUT2D eigenvalue weighted by Crippen LogP contribution is -2.00. The molecule has 0 saturated heterocycles. The minimum absolute atomic E-state index is 0.114. The van der Waals surface area contributed by atoms with Gasteiger partial charge in [-0.15, -0.1) is 0 Å². The first-order valence-corrected chi connectivity index (χ1v) is 7.11. The van der Waals surface area contributed by atoms with Crippen LogP contribution in [0.15, 0.2) is 42.5 Å². The average molecular weight is 305 g/mol. The Hall–Kier alpha value is -1.87. The molecule has 2 aromatic rings. The van der Waals surface area contributed by atoms with Gasteiger partial charge in [-0.05, 0) is 48.1 Å². The van der Waals surface area contributed by atoms with E-state index in [1.165, 1.54) is 13.2 Å². The third-order valence-electron chi connectivity index (χ3n) is 3.92. The van der Waals surface area contributed by atoms with Gasteiger partial charge in [0.05, 0.1) is 12.7 Å². The third-order valence-corrected chi connectivity index (χ3v) is 4.25. The summed E-state index contributed by atoms with van der Waals surface area (Å²) < 4.78 is 18.6. The number of hydrogen-bond acceptors (Lipinski definition) is 2. The predicted octanol–water partition coefficient (Wildman–Crippen LogP) is 4.54. The van der Waals surface area contributed by atoms with Gasteiger partial charge in [-0.1, -0.05) is 29.8 Å². The standard InChI is InChI=1S/C17H14ClFO2/c1-21-17(20)11-7-5-10(6-8-11)12-9-13(12)16-14(18)3-2-4-15(16)19/h2-8,12-13H,9H2,1H3. The highest BCUT2D eigenvalue weighted by Crippen LogP contribution is 2.56. The molecule has 2 nitrogen and oxygen atoms in total. The normalized spacial score (nSPS) is 20.1. The van der Waals surface area contributed by atoms with Gasteiger partial charge in [-0.2, -0.15) is 0 Å². The Morgan fingerprint density at radius 2 is 1.90 bits per heavy atom. The molecule has 2 atom stereocenters.